The zero-order chi connectivity index (χ0) is 10.5. The lowest BCUT2D eigenvalue weighted by molar-refractivity contribution is 0.614. The Morgan fingerprint density at radius 3 is 2.50 bits per heavy atom. The monoisotopic (exact) mass is 190 g/mol. The third-order valence-electron chi connectivity index (χ3n) is 2.07. The van der Waals surface area contributed by atoms with Gasteiger partial charge in [0.1, 0.15) is 0 Å². The van der Waals surface area contributed by atoms with Gasteiger partial charge in [0.15, 0.2) is 0 Å². The highest BCUT2D eigenvalue weighted by Crippen LogP contribution is 2.05. The van der Waals surface area contributed by atoms with E-state index >= 15 is 0 Å². The summed E-state index contributed by atoms with van der Waals surface area (Å²) in [5, 5.41) is 0. The van der Waals surface area contributed by atoms with Crippen LogP contribution in [-0.2, 0) is 0 Å². The van der Waals surface area contributed by atoms with E-state index in [0.717, 1.165) is 6.42 Å². The van der Waals surface area contributed by atoms with Gasteiger partial charge in [0.05, 0.1) is 0 Å². The molecule has 0 fully saturated rings. The zero-order valence-corrected chi connectivity index (χ0v) is 9.39. The Bertz CT molecular complexity index is 200. The Labute approximate surface area is 89.1 Å². The molecule has 0 N–H and O–H groups in total. The summed E-state index contributed by atoms with van der Waals surface area (Å²) in [7, 11) is 0. The van der Waals surface area contributed by atoms with Gasteiger partial charge in [-0.15, -0.1) is 0 Å². The third kappa shape index (κ3) is 11.0. The Hall–Kier alpha value is -0.960. The zero-order valence-electron chi connectivity index (χ0n) is 9.39. The third-order valence-corrected chi connectivity index (χ3v) is 2.07. The van der Waals surface area contributed by atoms with E-state index in [1.165, 1.54) is 38.5 Å². The van der Waals surface area contributed by atoms with E-state index in [4.69, 9.17) is 0 Å². The van der Waals surface area contributed by atoms with Gasteiger partial charge in [-0.3, -0.25) is 0 Å². The average molecular weight is 190 g/mol. The van der Waals surface area contributed by atoms with Gasteiger partial charge in [0.25, 0.3) is 0 Å². The molecule has 0 heterocycles. The summed E-state index contributed by atoms with van der Waals surface area (Å²) >= 11 is 0. The molecule has 0 aliphatic rings. The largest absolute Gasteiger partial charge is 0.0990 e. The van der Waals surface area contributed by atoms with Crippen LogP contribution in [0.4, 0.5) is 0 Å². The van der Waals surface area contributed by atoms with Gasteiger partial charge in [0, 0.05) is 6.42 Å². The van der Waals surface area contributed by atoms with Crippen LogP contribution in [0.5, 0.6) is 0 Å². The molecule has 0 aromatic carbocycles. The molecule has 0 aliphatic carbocycles. The molecule has 0 nitrogen and oxygen atoms in total. The first-order chi connectivity index (χ1) is 6.91. The highest BCUT2D eigenvalue weighted by molar-refractivity contribution is 5.18. The molecule has 0 aromatic heterocycles. The fraction of sp³-hybridized carbons (Fsp3) is 0.571. The maximum Gasteiger partial charge on any atom is 0.00922 e. The van der Waals surface area contributed by atoms with Gasteiger partial charge in [-0.1, -0.05) is 69.6 Å². The lowest BCUT2D eigenvalue weighted by atomic mass is 10.1. The van der Waals surface area contributed by atoms with Crippen molar-refractivity contribution in [2.24, 2.45) is 0 Å². The van der Waals surface area contributed by atoms with Crippen LogP contribution in [0, 0.1) is 11.8 Å². The summed E-state index contributed by atoms with van der Waals surface area (Å²) in [6.07, 6.45) is 14.6. The Balaban J connectivity index is 3.15. The molecule has 0 heteroatoms. The van der Waals surface area contributed by atoms with Crippen LogP contribution < -0.4 is 0 Å². The topological polar surface area (TPSA) is 0 Å². The van der Waals surface area contributed by atoms with Crippen molar-refractivity contribution in [2.75, 3.05) is 0 Å². The maximum atomic E-state index is 3.58. The van der Waals surface area contributed by atoms with E-state index in [9.17, 15) is 0 Å². The molecular formula is C14H22. The molecule has 0 rings (SSSR count). The fourth-order valence-corrected chi connectivity index (χ4v) is 1.24. The van der Waals surface area contributed by atoms with Crippen LogP contribution >= 0.6 is 0 Å². The van der Waals surface area contributed by atoms with Crippen LogP contribution in [0.15, 0.2) is 24.8 Å². The molecule has 0 aliphatic heterocycles. The highest BCUT2D eigenvalue weighted by Gasteiger charge is 1.87. The van der Waals surface area contributed by atoms with E-state index in [-0.39, 0.29) is 0 Å². The van der Waals surface area contributed by atoms with Gasteiger partial charge in [-0.2, -0.15) is 0 Å². The van der Waals surface area contributed by atoms with Crippen molar-refractivity contribution in [1.82, 2.24) is 0 Å². The number of rotatable bonds is 7. The highest BCUT2D eigenvalue weighted by atomic mass is 13.9. The van der Waals surface area contributed by atoms with Crippen molar-refractivity contribution in [3.8, 4) is 11.8 Å². The Morgan fingerprint density at radius 1 is 1.07 bits per heavy atom. The molecular weight excluding hydrogens is 168 g/mol. The van der Waals surface area contributed by atoms with Crippen molar-refractivity contribution >= 4 is 0 Å². The van der Waals surface area contributed by atoms with Gasteiger partial charge in [-0.25, -0.2) is 0 Å². The molecule has 0 aromatic rings. The first-order valence-corrected chi connectivity index (χ1v) is 5.67. The van der Waals surface area contributed by atoms with Gasteiger partial charge >= 0.3 is 0 Å². The molecule has 78 valence electrons. The summed E-state index contributed by atoms with van der Waals surface area (Å²) in [5.41, 5.74) is 0. The molecule has 0 saturated carbocycles. The molecule has 0 saturated heterocycles. The van der Waals surface area contributed by atoms with Crippen LogP contribution in [0.1, 0.15) is 51.9 Å². The minimum Gasteiger partial charge on any atom is -0.0990 e. The Kier molecular flexibility index (Phi) is 11.2. The van der Waals surface area contributed by atoms with Crippen LogP contribution in [-0.4, -0.2) is 0 Å². The molecule has 0 radical (unpaired) electrons. The van der Waals surface area contributed by atoms with E-state index in [0.29, 0.717) is 0 Å². The lowest BCUT2D eigenvalue weighted by Crippen LogP contribution is -1.77. The Morgan fingerprint density at radius 2 is 1.79 bits per heavy atom. The summed E-state index contributed by atoms with van der Waals surface area (Å²) < 4.78 is 0. The number of unbranched alkanes of at least 4 members (excludes halogenated alkanes) is 6. The van der Waals surface area contributed by atoms with Crippen molar-refractivity contribution in [1.29, 1.82) is 0 Å². The number of hydrogen-bond acceptors (Lipinski definition) is 0. The van der Waals surface area contributed by atoms with Crippen molar-refractivity contribution in [2.45, 2.75) is 51.9 Å². The average Bonchev–Trinajstić information content (AvgIpc) is 2.21. The van der Waals surface area contributed by atoms with Gasteiger partial charge < -0.3 is 0 Å². The fourth-order valence-electron chi connectivity index (χ4n) is 1.24. The second kappa shape index (κ2) is 12.0. The van der Waals surface area contributed by atoms with Gasteiger partial charge in [-0.05, 0) is 12.5 Å². The molecule has 0 unspecified atom stereocenters. The predicted molar refractivity (Wildman–Crippen MR) is 65.1 cm³/mol. The normalized spacial score (nSPS) is 9.79. The molecule has 0 bridgehead atoms. The minimum absolute atomic E-state index is 1.04. The van der Waals surface area contributed by atoms with E-state index in [1.54, 1.807) is 6.08 Å². The second-order valence-electron chi connectivity index (χ2n) is 3.43. The first kappa shape index (κ1) is 13.0. The number of hydrogen-bond donors (Lipinski definition) is 0. The van der Waals surface area contributed by atoms with Crippen LogP contribution in [0.3, 0.4) is 0 Å². The molecule has 0 amide bonds. The summed E-state index contributed by atoms with van der Waals surface area (Å²) in [4.78, 5) is 0. The SMILES string of the molecule is C=C/C=C/C#CCCCCCCCC. The van der Waals surface area contributed by atoms with Crippen molar-refractivity contribution in [3.63, 3.8) is 0 Å². The predicted octanol–water partition coefficient (Wildman–Crippen LogP) is 4.48. The van der Waals surface area contributed by atoms with E-state index in [1.807, 2.05) is 12.2 Å². The summed E-state index contributed by atoms with van der Waals surface area (Å²) in [5.74, 6) is 6.11. The lowest BCUT2D eigenvalue weighted by Gasteiger charge is -1.96. The maximum absolute atomic E-state index is 3.58. The first-order valence-electron chi connectivity index (χ1n) is 5.67. The van der Waals surface area contributed by atoms with E-state index < -0.39 is 0 Å². The minimum atomic E-state index is 1.04. The number of allylic oxidation sites excluding steroid dienone is 3. The smallest absolute Gasteiger partial charge is 0.00922 e. The van der Waals surface area contributed by atoms with Crippen molar-refractivity contribution in [3.05, 3.63) is 24.8 Å². The molecule has 0 spiro atoms. The van der Waals surface area contributed by atoms with Crippen molar-refractivity contribution < 1.29 is 0 Å². The summed E-state index contributed by atoms with van der Waals surface area (Å²) in [6.45, 7) is 5.83. The van der Waals surface area contributed by atoms with Crippen LogP contribution in [0.2, 0.25) is 0 Å². The van der Waals surface area contributed by atoms with Crippen LogP contribution in [0.25, 0.3) is 0 Å². The standard InChI is InChI=1S/C14H22/c1-3-5-7-9-11-13-14-12-10-8-6-4-2/h3,5,7H,1,4,6,8,10,12-14H2,2H3/b7-5+. The second-order valence-corrected chi connectivity index (χ2v) is 3.43. The molecule has 14 heavy (non-hydrogen) atoms. The molecule has 0 atom stereocenters. The summed E-state index contributed by atoms with van der Waals surface area (Å²) in [6, 6.07) is 0. The quantitative estimate of drug-likeness (QED) is 0.315. The van der Waals surface area contributed by atoms with E-state index in [2.05, 4.69) is 25.3 Å². The van der Waals surface area contributed by atoms with Gasteiger partial charge in [0.2, 0.25) is 0 Å².